The van der Waals surface area contributed by atoms with E-state index in [2.05, 4.69) is 10.6 Å². The zero-order valence-electron chi connectivity index (χ0n) is 21.8. The molecule has 0 fully saturated rings. The summed E-state index contributed by atoms with van der Waals surface area (Å²) in [4.78, 5) is 36.6. The fourth-order valence-electron chi connectivity index (χ4n) is 2.54. The topological polar surface area (TPSA) is 112 Å². The number of anilines is 3. The fraction of sp³-hybridized carbons (Fsp3) is 0.423. The van der Waals surface area contributed by atoms with Crippen molar-refractivity contribution in [2.75, 3.05) is 31.8 Å². The molecule has 3 N–H and O–H groups in total. The van der Waals surface area contributed by atoms with Gasteiger partial charge in [0.1, 0.15) is 22.9 Å². The lowest BCUT2D eigenvalue weighted by atomic mass is 10.1. The molecule has 0 saturated carbocycles. The Kier molecular flexibility index (Phi) is 13.9. The molecule has 0 unspecified atom stereocenters. The Morgan fingerprint density at radius 1 is 1.03 bits per heavy atom. The van der Waals surface area contributed by atoms with Crippen LogP contribution < -0.4 is 21.5 Å². The van der Waals surface area contributed by atoms with Crippen LogP contribution in [0.15, 0.2) is 44.5 Å². The van der Waals surface area contributed by atoms with E-state index in [9.17, 15) is 19.5 Å². The van der Waals surface area contributed by atoms with Crippen molar-refractivity contribution in [3.8, 4) is 5.75 Å². The first-order chi connectivity index (χ1) is 16.1. The van der Waals surface area contributed by atoms with Gasteiger partial charge >= 0.3 is 0 Å². The number of phenolic OH excluding ortho intramolecular Hbond substituents is 1. The Balaban J connectivity index is 0.00000121. The highest BCUT2D eigenvalue weighted by atomic mass is 16.3. The number of aromatic hydroxyl groups is 1. The molecular weight excluding hydrogens is 434 g/mol. The van der Waals surface area contributed by atoms with Crippen molar-refractivity contribution >= 4 is 23.3 Å². The maximum absolute atomic E-state index is 11.9. The smallest absolute Gasteiger partial charge is 0.253 e. The summed E-state index contributed by atoms with van der Waals surface area (Å²) in [6.45, 7) is 12.3. The van der Waals surface area contributed by atoms with Gasteiger partial charge in [-0.3, -0.25) is 14.4 Å². The number of furan rings is 1. The maximum atomic E-state index is 11.9. The lowest BCUT2D eigenvalue weighted by Crippen LogP contribution is -2.36. The lowest BCUT2D eigenvalue weighted by Gasteiger charge is -2.15. The molecule has 0 saturated heterocycles. The summed E-state index contributed by atoms with van der Waals surface area (Å²) in [6, 6.07) is 6.39. The van der Waals surface area contributed by atoms with Gasteiger partial charge in [0.25, 0.3) is 10.9 Å². The molecule has 0 aliphatic carbocycles. The van der Waals surface area contributed by atoms with Crippen molar-refractivity contribution < 1.29 is 14.3 Å². The van der Waals surface area contributed by atoms with E-state index in [1.54, 1.807) is 12.3 Å². The highest BCUT2D eigenvalue weighted by molar-refractivity contribution is 5.87. The van der Waals surface area contributed by atoms with E-state index in [1.807, 2.05) is 73.7 Å². The minimum atomic E-state index is -0.689. The van der Waals surface area contributed by atoms with Gasteiger partial charge in [-0.15, -0.1) is 0 Å². The lowest BCUT2D eigenvalue weighted by molar-refractivity contribution is 0.112. The third-order valence-corrected chi connectivity index (χ3v) is 4.14. The van der Waals surface area contributed by atoms with E-state index in [4.69, 9.17) is 4.42 Å². The number of carbonyl (C=O) groups excluding carboxylic acids is 1. The molecule has 3 aromatic rings. The Morgan fingerprint density at radius 2 is 1.59 bits per heavy atom. The van der Waals surface area contributed by atoms with Crippen LogP contribution in [-0.4, -0.2) is 37.4 Å². The third kappa shape index (κ3) is 8.51. The van der Waals surface area contributed by atoms with E-state index in [0.29, 0.717) is 18.0 Å². The van der Waals surface area contributed by atoms with Crippen molar-refractivity contribution in [1.82, 2.24) is 4.90 Å². The van der Waals surface area contributed by atoms with Gasteiger partial charge in [-0.1, -0.05) is 47.6 Å². The van der Waals surface area contributed by atoms with Crippen molar-refractivity contribution in [2.24, 2.45) is 0 Å². The zero-order chi connectivity index (χ0) is 26.4. The second-order valence-corrected chi connectivity index (χ2v) is 7.59. The average molecular weight is 474 g/mol. The summed E-state index contributed by atoms with van der Waals surface area (Å²) in [7, 11) is 6.00. The number of carbonyl (C=O) groups is 1. The molecule has 1 heterocycles. The van der Waals surface area contributed by atoms with Crippen molar-refractivity contribution in [3.63, 3.8) is 0 Å². The highest BCUT2D eigenvalue weighted by Crippen LogP contribution is 2.30. The molecule has 0 bridgehead atoms. The molecule has 34 heavy (non-hydrogen) atoms. The van der Waals surface area contributed by atoms with E-state index >= 15 is 0 Å². The van der Waals surface area contributed by atoms with E-state index in [1.165, 1.54) is 12.1 Å². The van der Waals surface area contributed by atoms with Gasteiger partial charge in [-0.05, 0) is 50.8 Å². The van der Waals surface area contributed by atoms with Crippen LogP contribution in [0.3, 0.4) is 0 Å². The Labute approximate surface area is 202 Å². The molecule has 0 aliphatic rings. The largest absolute Gasteiger partial charge is 0.505 e. The number of rotatable bonds is 7. The predicted molar refractivity (Wildman–Crippen MR) is 141 cm³/mol. The van der Waals surface area contributed by atoms with Crippen molar-refractivity contribution in [2.45, 2.75) is 54.0 Å². The monoisotopic (exact) mass is 473 g/mol. The van der Waals surface area contributed by atoms with E-state index < -0.39 is 10.9 Å². The second-order valence-electron chi connectivity index (χ2n) is 7.59. The van der Waals surface area contributed by atoms with Gasteiger partial charge in [0.2, 0.25) is 0 Å². The summed E-state index contributed by atoms with van der Waals surface area (Å²) in [5, 5.41) is 15.6. The molecule has 2 aromatic carbocycles. The highest BCUT2D eigenvalue weighted by Gasteiger charge is 2.22. The number of phenols is 1. The zero-order valence-corrected chi connectivity index (χ0v) is 21.8. The van der Waals surface area contributed by atoms with Crippen LogP contribution in [-0.2, 0) is 6.54 Å². The van der Waals surface area contributed by atoms with Crippen LogP contribution in [0, 0.1) is 0 Å². The SMILES string of the molecule is CC.CC.CC(C)c1coc(CNc2c(Nc3cccc(C=O)c3O)c(=O)c2=O)c1.CN(C)C. The number of aldehydes is 1. The minimum absolute atomic E-state index is 0.0454. The quantitative estimate of drug-likeness (QED) is 0.247. The minimum Gasteiger partial charge on any atom is -0.505 e. The average Bonchev–Trinajstić information content (AvgIpc) is 3.31. The standard InChI is InChI=1S/C19H18N2O5.C3H9N.2C2H6/c1-10(2)12-6-13(26-9-12)7-20-15-16(19(25)18(15)24)21-14-5-3-4-11(8-22)17(14)23;1-4(2)3;2*1-2/h3-6,8-10,20-21,23H,7H2,1-2H3;1-3H3;2*1-2H3. The van der Waals surface area contributed by atoms with Gasteiger partial charge in [0.05, 0.1) is 24.1 Å². The number of para-hydroxylation sites is 1. The normalized spacial score (nSPS) is 9.85. The molecule has 8 heteroatoms. The van der Waals surface area contributed by atoms with Crippen molar-refractivity contribution in [3.05, 3.63) is 67.9 Å². The van der Waals surface area contributed by atoms with Crippen LogP contribution in [0.4, 0.5) is 17.1 Å². The first kappa shape index (κ1) is 30.6. The number of benzene rings is 1. The Morgan fingerprint density at radius 3 is 2.09 bits per heavy atom. The molecule has 8 nitrogen and oxygen atoms in total. The molecule has 0 radical (unpaired) electrons. The Hall–Kier alpha value is -3.39. The van der Waals surface area contributed by atoms with E-state index in [0.717, 1.165) is 5.56 Å². The first-order valence-electron chi connectivity index (χ1n) is 11.4. The molecule has 3 rings (SSSR count). The Bertz CT molecular complexity index is 1070. The van der Waals surface area contributed by atoms with Crippen LogP contribution in [0.2, 0.25) is 0 Å². The van der Waals surface area contributed by atoms with Crippen LogP contribution in [0.1, 0.15) is 69.1 Å². The van der Waals surface area contributed by atoms with Gasteiger partial charge in [0.15, 0.2) is 6.29 Å². The molecule has 1 aromatic heterocycles. The van der Waals surface area contributed by atoms with Crippen LogP contribution in [0.5, 0.6) is 5.75 Å². The molecule has 0 aliphatic heterocycles. The number of nitrogens with zero attached hydrogens (tertiary/aromatic N) is 1. The molecular formula is C26H39N3O5. The molecule has 0 spiro atoms. The number of hydrogen-bond donors (Lipinski definition) is 3. The maximum Gasteiger partial charge on any atom is 0.253 e. The first-order valence-corrected chi connectivity index (χ1v) is 11.4. The van der Waals surface area contributed by atoms with Crippen LogP contribution >= 0.6 is 0 Å². The molecule has 188 valence electrons. The van der Waals surface area contributed by atoms with Gasteiger partial charge in [0, 0.05) is 0 Å². The van der Waals surface area contributed by atoms with Gasteiger partial charge in [-0.2, -0.15) is 0 Å². The summed E-state index contributed by atoms with van der Waals surface area (Å²) >= 11 is 0. The van der Waals surface area contributed by atoms with Crippen LogP contribution in [0.25, 0.3) is 0 Å². The predicted octanol–water partition coefficient (Wildman–Crippen LogP) is 5.10. The number of hydrogen-bond acceptors (Lipinski definition) is 8. The van der Waals surface area contributed by atoms with Gasteiger partial charge < -0.3 is 25.1 Å². The summed E-state index contributed by atoms with van der Waals surface area (Å²) < 4.78 is 5.43. The summed E-state index contributed by atoms with van der Waals surface area (Å²) in [5.41, 5.74) is 0.128. The summed E-state index contributed by atoms with van der Waals surface area (Å²) in [6.07, 6.45) is 2.16. The van der Waals surface area contributed by atoms with Gasteiger partial charge in [-0.25, -0.2) is 0 Å². The van der Waals surface area contributed by atoms with Crippen molar-refractivity contribution in [1.29, 1.82) is 0 Å². The summed E-state index contributed by atoms with van der Waals surface area (Å²) in [5.74, 6) is 0.677. The molecule has 0 atom stereocenters. The fourth-order valence-corrected chi connectivity index (χ4v) is 2.54. The number of nitrogens with one attached hydrogen (secondary N) is 2. The van der Waals surface area contributed by atoms with E-state index in [-0.39, 0.29) is 34.9 Å². The third-order valence-electron chi connectivity index (χ3n) is 4.14. The molecule has 0 amide bonds. The second kappa shape index (κ2) is 15.4.